The Kier molecular flexibility index (Phi) is 6.91. The van der Waals surface area contributed by atoms with Crippen LogP contribution in [0.1, 0.15) is 67.2 Å². The quantitative estimate of drug-likeness (QED) is 0.485. The summed E-state index contributed by atoms with van der Waals surface area (Å²) in [5, 5.41) is 0. The molecule has 1 aliphatic heterocycles. The lowest BCUT2D eigenvalue weighted by Gasteiger charge is -1.99. The zero-order chi connectivity index (χ0) is 11.9. The molecule has 0 N–H and O–H groups in total. The van der Waals surface area contributed by atoms with Crippen molar-refractivity contribution in [2.75, 3.05) is 0 Å². The van der Waals surface area contributed by atoms with Gasteiger partial charge in [0.05, 0.1) is 11.7 Å². The lowest BCUT2D eigenvalue weighted by Crippen LogP contribution is -2.05. The van der Waals surface area contributed by atoms with Gasteiger partial charge in [0.2, 0.25) is 0 Å². The van der Waals surface area contributed by atoms with Gasteiger partial charge in [-0.05, 0) is 40.5 Å². The van der Waals surface area contributed by atoms with Crippen molar-refractivity contribution >= 4 is 0 Å². The van der Waals surface area contributed by atoms with Gasteiger partial charge in [0.1, 0.15) is 0 Å². The smallest absolute Gasteiger partial charge is 0.0917 e. The van der Waals surface area contributed by atoms with Gasteiger partial charge >= 0.3 is 0 Å². The summed E-state index contributed by atoms with van der Waals surface area (Å²) in [6.45, 7) is 13.0. The number of epoxide rings is 1. The zero-order valence-electron chi connectivity index (χ0n) is 11.4. The minimum atomic E-state index is 0.259. The molecule has 90 valence electrons. The highest BCUT2D eigenvalue weighted by molar-refractivity contribution is 4.95. The maximum atomic E-state index is 5.34. The van der Waals surface area contributed by atoms with E-state index in [9.17, 15) is 0 Å². The van der Waals surface area contributed by atoms with Crippen LogP contribution < -0.4 is 0 Å². The summed E-state index contributed by atoms with van der Waals surface area (Å²) >= 11 is 0. The van der Waals surface area contributed by atoms with Crippen LogP contribution in [-0.4, -0.2) is 11.7 Å². The Morgan fingerprint density at radius 2 is 1.87 bits per heavy atom. The first-order valence-corrected chi connectivity index (χ1v) is 6.29. The molecule has 1 nitrogen and oxygen atoms in total. The van der Waals surface area contributed by atoms with Gasteiger partial charge in [0.25, 0.3) is 0 Å². The summed E-state index contributed by atoms with van der Waals surface area (Å²) in [5.41, 5.74) is 1.76. The summed E-state index contributed by atoms with van der Waals surface area (Å²) in [6, 6.07) is 0. The molecule has 0 radical (unpaired) electrons. The van der Waals surface area contributed by atoms with Crippen molar-refractivity contribution in [2.24, 2.45) is 0 Å². The highest BCUT2D eigenvalue weighted by Crippen LogP contribution is 2.39. The van der Waals surface area contributed by atoms with Gasteiger partial charge in [-0.3, -0.25) is 0 Å². The van der Waals surface area contributed by atoms with Crippen LogP contribution in [0.3, 0.4) is 0 Å². The van der Waals surface area contributed by atoms with Gasteiger partial charge in [-0.15, -0.1) is 0 Å². The molecule has 0 aromatic carbocycles. The average molecular weight is 212 g/mol. The van der Waals surface area contributed by atoms with Gasteiger partial charge in [0, 0.05) is 0 Å². The predicted octanol–water partition coefficient (Wildman–Crippen LogP) is 4.72. The molecule has 0 aromatic rings. The molecule has 15 heavy (non-hydrogen) atoms. The Morgan fingerprint density at radius 3 is 2.00 bits per heavy atom. The highest BCUT2D eigenvalue weighted by atomic mass is 16.6. The van der Waals surface area contributed by atoms with Crippen molar-refractivity contribution in [1.82, 2.24) is 0 Å². The Labute approximate surface area is 95.9 Å². The Balaban J connectivity index is 0.000000265. The molecular weight excluding hydrogens is 184 g/mol. The molecule has 1 heteroatoms. The largest absolute Gasteiger partial charge is 0.367 e. The molecule has 1 heterocycles. The van der Waals surface area contributed by atoms with E-state index in [0.29, 0.717) is 6.10 Å². The number of hydrogen-bond donors (Lipinski definition) is 0. The summed E-state index contributed by atoms with van der Waals surface area (Å²) in [6.07, 6.45) is 7.67. The fraction of sp³-hybridized carbons (Fsp3) is 0.857. The third-order valence-corrected chi connectivity index (χ3v) is 3.13. The maximum absolute atomic E-state index is 5.34. The highest BCUT2D eigenvalue weighted by Gasteiger charge is 2.47. The molecule has 0 saturated carbocycles. The van der Waals surface area contributed by atoms with Gasteiger partial charge in [-0.2, -0.15) is 0 Å². The first-order valence-electron chi connectivity index (χ1n) is 6.29. The Morgan fingerprint density at radius 1 is 1.33 bits per heavy atom. The van der Waals surface area contributed by atoms with Gasteiger partial charge < -0.3 is 4.74 Å². The third-order valence-electron chi connectivity index (χ3n) is 3.13. The van der Waals surface area contributed by atoms with E-state index in [-0.39, 0.29) is 5.60 Å². The fourth-order valence-electron chi connectivity index (χ4n) is 1.67. The number of hydrogen-bond acceptors (Lipinski definition) is 1. The van der Waals surface area contributed by atoms with Crippen molar-refractivity contribution in [3.8, 4) is 0 Å². The van der Waals surface area contributed by atoms with Gasteiger partial charge in [-0.1, -0.05) is 38.3 Å². The normalized spacial score (nSPS) is 29.5. The predicted molar refractivity (Wildman–Crippen MR) is 68.2 cm³/mol. The second-order valence-electron chi connectivity index (χ2n) is 4.71. The van der Waals surface area contributed by atoms with Crippen LogP contribution in [0, 0.1) is 0 Å². The van der Waals surface area contributed by atoms with E-state index >= 15 is 0 Å². The molecule has 0 aliphatic carbocycles. The Hall–Kier alpha value is -0.300. The second-order valence-corrected chi connectivity index (χ2v) is 4.71. The fourth-order valence-corrected chi connectivity index (χ4v) is 1.67. The first kappa shape index (κ1) is 14.7. The Bertz CT molecular complexity index is 196. The van der Waals surface area contributed by atoms with E-state index in [1.807, 2.05) is 0 Å². The molecule has 1 rings (SSSR count). The van der Waals surface area contributed by atoms with E-state index < -0.39 is 0 Å². The van der Waals surface area contributed by atoms with E-state index in [2.05, 4.69) is 47.6 Å². The minimum Gasteiger partial charge on any atom is -0.367 e. The van der Waals surface area contributed by atoms with E-state index in [1.54, 1.807) is 0 Å². The maximum Gasteiger partial charge on any atom is 0.0917 e. The van der Waals surface area contributed by atoms with Crippen LogP contribution in [0.25, 0.3) is 0 Å². The molecule has 0 spiro atoms. The van der Waals surface area contributed by atoms with Crippen LogP contribution in [0.4, 0.5) is 0 Å². The van der Waals surface area contributed by atoms with Crippen molar-refractivity contribution in [3.63, 3.8) is 0 Å². The van der Waals surface area contributed by atoms with Crippen LogP contribution in [-0.2, 0) is 4.74 Å². The van der Waals surface area contributed by atoms with Crippen LogP contribution in [0.2, 0.25) is 0 Å². The molecule has 0 amide bonds. The summed E-state index contributed by atoms with van der Waals surface area (Å²) in [7, 11) is 0. The zero-order valence-corrected chi connectivity index (χ0v) is 11.4. The van der Waals surface area contributed by atoms with Gasteiger partial charge in [-0.25, -0.2) is 0 Å². The lowest BCUT2D eigenvalue weighted by molar-refractivity contribution is 0.297. The van der Waals surface area contributed by atoms with Crippen molar-refractivity contribution in [1.29, 1.82) is 0 Å². The van der Waals surface area contributed by atoms with E-state index in [4.69, 9.17) is 4.74 Å². The number of rotatable bonds is 4. The summed E-state index contributed by atoms with van der Waals surface area (Å²) < 4.78 is 5.34. The van der Waals surface area contributed by atoms with Crippen LogP contribution >= 0.6 is 0 Å². The van der Waals surface area contributed by atoms with Crippen molar-refractivity contribution in [3.05, 3.63) is 11.6 Å². The molecular formula is C14H28O. The summed E-state index contributed by atoms with van der Waals surface area (Å²) in [5.74, 6) is 0. The van der Waals surface area contributed by atoms with Crippen molar-refractivity contribution in [2.45, 2.75) is 78.9 Å². The standard InChI is InChI=1S/C7H14O.C7H14/c1-4-5-7(3)6(2)8-7;1-4-6-7(3)5-2/h6H,4-5H2,1-3H3;5H,4,6H2,1-3H3. The van der Waals surface area contributed by atoms with E-state index in [1.165, 1.54) is 31.3 Å². The average Bonchev–Trinajstić information content (AvgIpc) is 2.76. The SMILES string of the molecule is CC=C(C)CCC.CCCC1(C)OC1C. The summed E-state index contributed by atoms with van der Waals surface area (Å²) in [4.78, 5) is 0. The molecule has 1 fully saturated rings. The monoisotopic (exact) mass is 212 g/mol. The lowest BCUT2D eigenvalue weighted by atomic mass is 10.0. The second kappa shape index (κ2) is 7.05. The van der Waals surface area contributed by atoms with Crippen LogP contribution in [0.15, 0.2) is 11.6 Å². The first-order chi connectivity index (χ1) is 7.00. The molecule has 0 aromatic heterocycles. The number of allylic oxidation sites excluding steroid dienone is 2. The van der Waals surface area contributed by atoms with E-state index in [0.717, 1.165) is 0 Å². The van der Waals surface area contributed by atoms with Gasteiger partial charge in [0.15, 0.2) is 0 Å². The number of ether oxygens (including phenoxy) is 1. The minimum absolute atomic E-state index is 0.259. The molecule has 1 aliphatic rings. The van der Waals surface area contributed by atoms with Crippen molar-refractivity contribution < 1.29 is 4.74 Å². The third kappa shape index (κ3) is 5.99. The molecule has 1 saturated heterocycles. The molecule has 0 bridgehead atoms. The molecule has 2 unspecified atom stereocenters. The molecule has 2 atom stereocenters. The topological polar surface area (TPSA) is 12.5 Å². The van der Waals surface area contributed by atoms with Crippen LogP contribution in [0.5, 0.6) is 0 Å².